The van der Waals surface area contributed by atoms with Crippen molar-refractivity contribution in [2.24, 2.45) is 0 Å². The highest BCUT2D eigenvalue weighted by molar-refractivity contribution is 7.26. The molecule has 0 spiro atoms. The lowest BCUT2D eigenvalue weighted by atomic mass is 10.0. The van der Waals surface area contributed by atoms with Crippen molar-refractivity contribution in [1.82, 2.24) is 4.57 Å². The van der Waals surface area contributed by atoms with Crippen LogP contribution in [0.5, 0.6) is 0 Å². The van der Waals surface area contributed by atoms with Crippen LogP contribution in [-0.4, -0.2) is 4.57 Å². The van der Waals surface area contributed by atoms with Gasteiger partial charge in [-0.05, 0) is 99.8 Å². The van der Waals surface area contributed by atoms with Crippen molar-refractivity contribution in [3.8, 4) is 27.9 Å². The highest BCUT2D eigenvalue weighted by atomic mass is 32.1. The quantitative estimate of drug-likeness (QED) is 0.166. The Hall–Kier alpha value is -6.94. The van der Waals surface area contributed by atoms with Crippen molar-refractivity contribution in [2.45, 2.75) is 0 Å². The first kappa shape index (κ1) is 31.6. The Morgan fingerprint density at radius 2 is 1.04 bits per heavy atom. The zero-order valence-electron chi connectivity index (χ0n) is 29.9. The molecule has 11 aromatic rings. The van der Waals surface area contributed by atoms with Gasteiger partial charge in [-0.1, -0.05) is 140 Å². The Morgan fingerprint density at radius 1 is 0.382 bits per heavy atom. The summed E-state index contributed by atoms with van der Waals surface area (Å²) in [5.41, 5.74) is 11.7. The molecular weight excluding hydrogens is 685 g/mol. The van der Waals surface area contributed by atoms with Crippen molar-refractivity contribution in [2.75, 3.05) is 4.90 Å². The van der Waals surface area contributed by atoms with Gasteiger partial charge in [-0.3, -0.25) is 0 Å². The summed E-state index contributed by atoms with van der Waals surface area (Å²) in [6.45, 7) is 0. The van der Waals surface area contributed by atoms with E-state index < -0.39 is 0 Å². The van der Waals surface area contributed by atoms with Gasteiger partial charge in [-0.2, -0.15) is 0 Å². The van der Waals surface area contributed by atoms with Crippen LogP contribution in [0.4, 0.5) is 17.1 Å². The van der Waals surface area contributed by atoms with Gasteiger partial charge in [0.2, 0.25) is 0 Å². The van der Waals surface area contributed by atoms with Gasteiger partial charge in [-0.15, -0.1) is 11.3 Å². The molecular formula is C52H34N2S. The van der Waals surface area contributed by atoms with Crippen molar-refractivity contribution in [3.63, 3.8) is 0 Å². The molecule has 11 rings (SSSR count). The fourth-order valence-electron chi connectivity index (χ4n) is 8.44. The van der Waals surface area contributed by atoms with Crippen molar-refractivity contribution >= 4 is 81.1 Å². The van der Waals surface area contributed by atoms with Crippen LogP contribution in [-0.2, 0) is 0 Å². The van der Waals surface area contributed by atoms with Crippen LogP contribution < -0.4 is 4.90 Å². The van der Waals surface area contributed by atoms with Crippen LogP contribution in [0.15, 0.2) is 206 Å². The predicted octanol–water partition coefficient (Wildman–Crippen LogP) is 15.1. The minimum atomic E-state index is 1.10. The van der Waals surface area contributed by atoms with E-state index >= 15 is 0 Å². The zero-order valence-corrected chi connectivity index (χ0v) is 30.7. The number of para-hydroxylation sites is 1. The van der Waals surface area contributed by atoms with Gasteiger partial charge >= 0.3 is 0 Å². The number of anilines is 3. The van der Waals surface area contributed by atoms with E-state index in [9.17, 15) is 0 Å². The third kappa shape index (κ3) is 5.24. The molecule has 0 aliphatic carbocycles. The van der Waals surface area contributed by atoms with Gasteiger partial charge in [0, 0.05) is 53.7 Å². The van der Waals surface area contributed by atoms with E-state index in [-0.39, 0.29) is 0 Å². The van der Waals surface area contributed by atoms with E-state index in [0.717, 1.165) is 22.7 Å². The van der Waals surface area contributed by atoms with E-state index in [4.69, 9.17) is 0 Å². The normalized spacial score (nSPS) is 11.6. The number of fused-ring (bicyclic) bond motifs is 8. The fraction of sp³-hybridized carbons (Fsp3) is 0. The third-order valence-electron chi connectivity index (χ3n) is 11.0. The molecule has 0 bridgehead atoms. The Kier molecular flexibility index (Phi) is 7.39. The number of hydrogen-bond acceptors (Lipinski definition) is 2. The minimum absolute atomic E-state index is 1.10. The number of hydrogen-bond donors (Lipinski definition) is 0. The molecule has 0 atom stereocenters. The molecule has 0 aliphatic heterocycles. The molecule has 55 heavy (non-hydrogen) atoms. The zero-order chi connectivity index (χ0) is 36.3. The number of nitrogens with zero attached hydrogens (tertiary/aromatic N) is 2. The second kappa shape index (κ2) is 12.9. The molecule has 258 valence electrons. The van der Waals surface area contributed by atoms with Crippen LogP contribution >= 0.6 is 11.3 Å². The molecule has 0 N–H and O–H groups in total. The van der Waals surface area contributed by atoms with Crippen molar-refractivity contribution in [1.29, 1.82) is 0 Å². The maximum absolute atomic E-state index is 2.41. The topological polar surface area (TPSA) is 8.17 Å². The molecule has 9 aromatic carbocycles. The van der Waals surface area contributed by atoms with Crippen LogP contribution in [0.1, 0.15) is 0 Å². The summed E-state index contributed by atoms with van der Waals surface area (Å²) in [6, 6.07) is 75.0. The molecule has 0 aliphatic rings. The molecule has 2 aromatic heterocycles. The SMILES string of the molecule is c1ccc(-c2cccc(N(c3ccc(-c4cccc5c4sc4ccccc45)cc3)c3ccc(-n4c5ccccc5c5c6ccccc6ccc54)cc3)c2)cc1. The molecule has 0 unspecified atom stereocenters. The smallest absolute Gasteiger partial charge is 0.0547 e. The lowest BCUT2D eigenvalue weighted by Gasteiger charge is -2.26. The predicted molar refractivity (Wildman–Crippen MR) is 237 cm³/mol. The maximum Gasteiger partial charge on any atom is 0.0547 e. The molecule has 2 nitrogen and oxygen atoms in total. The Labute approximate surface area is 323 Å². The number of rotatable bonds is 6. The number of aromatic nitrogens is 1. The Balaban J connectivity index is 1.04. The Morgan fingerprint density at radius 3 is 1.87 bits per heavy atom. The third-order valence-corrected chi connectivity index (χ3v) is 12.2. The van der Waals surface area contributed by atoms with Crippen molar-refractivity contribution < 1.29 is 0 Å². The van der Waals surface area contributed by atoms with Crippen LogP contribution in [0, 0.1) is 0 Å². The average molecular weight is 719 g/mol. The van der Waals surface area contributed by atoms with Gasteiger partial charge in [0.05, 0.1) is 11.0 Å². The molecule has 3 heteroatoms. The van der Waals surface area contributed by atoms with E-state index in [0.29, 0.717) is 0 Å². The van der Waals surface area contributed by atoms with E-state index in [2.05, 4.69) is 216 Å². The molecule has 2 heterocycles. The summed E-state index contributed by atoms with van der Waals surface area (Å²) in [6.07, 6.45) is 0. The second-order valence-electron chi connectivity index (χ2n) is 14.1. The van der Waals surface area contributed by atoms with Crippen LogP contribution in [0.25, 0.3) is 80.7 Å². The van der Waals surface area contributed by atoms with E-state index in [1.54, 1.807) is 0 Å². The average Bonchev–Trinajstić information content (AvgIpc) is 3.81. The summed E-state index contributed by atoms with van der Waals surface area (Å²) in [5.74, 6) is 0. The number of thiophene rings is 1. The maximum atomic E-state index is 2.41. The first-order valence-electron chi connectivity index (χ1n) is 18.8. The molecule has 0 amide bonds. The van der Waals surface area contributed by atoms with E-state index in [1.807, 2.05) is 11.3 Å². The first-order valence-corrected chi connectivity index (χ1v) is 19.6. The summed E-state index contributed by atoms with van der Waals surface area (Å²) in [5, 5.41) is 7.74. The molecule has 0 saturated heterocycles. The van der Waals surface area contributed by atoms with Crippen LogP contribution in [0.3, 0.4) is 0 Å². The second-order valence-corrected chi connectivity index (χ2v) is 15.2. The van der Waals surface area contributed by atoms with Gasteiger partial charge < -0.3 is 9.47 Å². The molecule has 0 fully saturated rings. The van der Waals surface area contributed by atoms with Gasteiger partial charge in [0.25, 0.3) is 0 Å². The highest BCUT2D eigenvalue weighted by Gasteiger charge is 2.18. The standard InChI is InChI=1S/C52H34N2S/c1-2-12-35(13-3-1)38-15-10-16-42(34-38)53(39-27-24-37(25-28-39)44-20-11-21-46-45-18-7-9-23-50(45)55-52(44)46)40-29-31-41(32-30-40)54-48-22-8-6-19-47(48)51-43-17-5-4-14-36(43)26-33-49(51)54/h1-34H. The summed E-state index contributed by atoms with van der Waals surface area (Å²) >= 11 is 1.88. The number of benzene rings is 9. The summed E-state index contributed by atoms with van der Waals surface area (Å²) < 4.78 is 5.06. The van der Waals surface area contributed by atoms with E-state index in [1.165, 1.54) is 75.0 Å². The minimum Gasteiger partial charge on any atom is -0.310 e. The summed E-state index contributed by atoms with van der Waals surface area (Å²) in [4.78, 5) is 2.37. The van der Waals surface area contributed by atoms with Crippen molar-refractivity contribution in [3.05, 3.63) is 206 Å². The summed E-state index contributed by atoms with van der Waals surface area (Å²) in [7, 11) is 0. The lowest BCUT2D eigenvalue weighted by Crippen LogP contribution is -2.10. The van der Waals surface area contributed by atoms with Crippen LogP contribution in [0.2, 0.25) is 0 Å². The van der Waals surface area contributed by atoms with Gasteiger partial charge in [0.1, 0.15) is 0 Å². The first-order chi connectivity index (χ1) is 27.3. The largest absolute Gasteiger partial charge is 0.310 e. The highest BCUT2D eigenvalue weighted by Crippen LogP contribution is 2.43. The molecule has 0 radical (unpaired) electrons. The lowest BCUT2D eigenvalue weighted by molar-refractivity contribution is 1.17. The van der Waals surface area contributed by atoms with Gasteiger partial charge in [-0.25, -0.2) is 0 Å². The Bertz CT molecular complexity index is 3190. The fourth-order valence-corrected chi connectivity index (χ4v) is 9.67. The van der Waals surface area contributed by atoms with Gasteiger partial charge in [0.15, 0.2) is 0 Å². The molecule has 0 saturated carbocycles. The monoisotopic (exact) mass is 718 g/mol.